The molecule has 2 aromatic heterocycles. The number of amides is 1. The number of thiazole rings is 1. The van der Waals surface area contributed by atoms with Crippen molar-refractivity contribution in [3.8, 4) is 11.3 Å². The fraction of sp³-hybridized carbons (Fsp3) is 0.0435. The van der Waals surface area contributed by atoms with Gasteiger partial charge in [0.2, 0.25) is 5.91 Å². The van der Waals surface area contributed by atoms with Gasteiger partial charge in [-0.1, -0.05) is 35.9 Å². The molecule has 0 aliphatic heterocycles. The molecule has 160 valence electrons. The number of nitrogens with one attached hydrogen (secondary N) is 1. The topological polar surface area (TPSA) is 98.3 Å². The molecular weight excluding hydrogens is 450 g/mol. The van der Waals surface area contributed by atoms with Gasteiger partial charge in [0, 0.05) is 34.7 Å². The third-order valence-electron chi connectivity index (χ3n) is 4.44. The van der Waals surface area contributed by atoms with Crippen molar-refractivity contribution in [2.24, 2.45) is 0 Å². The van der Waals surface area contributed by atoms with Gasteiger partial charge < -0.3 is 4.42 Å². The van der Waals surface area contributed by atoms with Crippen LogP contribution in [0.2, 0.25) is 5.02 Å². The zero-order valence-electron chi connectivity index (χ0n) is 16.5. The number of furan rings is 1. The number of benzene rings is 2. The summed E-state index contributed by atoms with van der Waals surface area (Å²) in [6.45, 7) is 0. The molecule has 2 heterocycles. The molecule has 0 atom stereocenters. The van der Waals surface area contributed by atoms with E-state index in [2.05, 4.69) is 10.3 Å². The van der Waals surface area contributed by atoms with Crippen molar-refractivity contribution in [3.05, 3.63) is 104 Å². The monoisotopic (exact) mass is 465 g/mol. The first kappa shape index (κ1) is 21.5. The average molecular weight is 466 g/mol. The second-order valence-electron chi connectivity index (χ2n) is 6.74. The minimum Gasteiger partial charge on any atom is -0.456 e. The van der Waals surface area contributed by atoms with Crippen molar-refractivity contribution in [2.75, 3.05) is 5.32 Å². The van der Waals surface area contributed by atoms with Crippen molar-refractivity contribution in [3.63, 3.8) is 0 Å². The normalized spacial score (nSPS) is 11.0. The minimum absolute atomic E-state index is 0.0486. The molecule has 2 aromatic carbocycles. The number of hydrogen-bond acceptors (Lipinski definition) is 6. The van der Waals surface area contributed by atoms with Crippen molar-refractivity contribution in [2.45, 2.75) is 6.42 Å². The predicted molar refractivity (Wildman–Crippen MR) is 125 cm³/mol. The first-order valence-electron chi connectivity index (χ1n) is 9.50. The number of hydrogen-bond donors (Lipinski definition) is 1. The Kier molecular flexibility index (Phi) is 6.44. The van der Waals surface area contributed by atoms with Gasteiger partial charge in [-0.25, -0.2) is 4.98 Å². The van der Waals surface area contributed by atoms with E-state index in [0.29, 0.717) is 33.7 Å². The molecule has 32 heavy (non-hydrogen) atoms. The fourth-order valence-electron chi connectivity index (χ4n) is 3.03. The number of anilines is 1. The van der Waals surface area contributed by atoms with Gasteiger partial charge in [-0.05, 0) is 42.0 Å². The van der Waals surface area contributed by atoms with Crippen LogP contribution in [0.3, 0.4) is 0 Å². The molecule has 4 rings (SSSR count). The van der Waals surface area contributed by atoms with Crippen molar-refractivity contribution in [1.82, 2.24) is 4.98 Å². The van der Waals surface area contributed by atoms with Crippen molar-refractivity contribution >= 4 is 45.7 Å². The molecule has 0 saturated heterocycles. The highest BCUT2D eigenvalue weighted by Crippen LogP contribution is 2.31. The lowest BCUT2D eigenvalue weighted by molar-refractivity contribution is -0.384. The van der Waals surface area contributed by atoms with E-state index >= 15 is 0 Å². The van der Waals surface area contributed by atoms with E-state index in [1.165, 1.54) is 29.6 Å². The number of halogens is 1. The van der Waals surface area contributed by atoms with E-state index in [1.54, 1.807) is 36.5 Å². The van der Waals surface area contributed by atoms with Crippen LogP contribution >= 0.6 is 22.9 Å². The van der Waals surface area contributed by atoms with Gasteiger partial charge in [-0.2, -0.15) is 0 Å². The van der Waals surface area contributed by atoms with Crippen molar-refractivity contribution in [1.29, 1.82) is 0 Å². The molecule has 0 spiro atoms. The van der Waals surface area contributed by atoms with E-state index in [1.807, 2.05) is 24.3 Å². The molecular formula is C23H16ClN3O4S. The Morgan fingerprint density at radius 1 is 1.19 bits per heavy atom. The quantitative estimate of drug-likeness (QED) is 0.199. The van der Waals surface area contributed by atoms with Crippen LogP contribution in [0.25, 0.3) is 17.4 Å². The van der Waals surface area contributed by atoms with Gasteiger partial charge in [-0.15, -0.1) is 11.3 Å². The number of para-hydroxylation sites is 1. The summed E-state index contributed by atoms with van der Waals surface area (Å²) in [5.41, 5.74) is 1.38. The Balaban J connectivity index is 1.39. The molecule has 0 aliphatic rings. The number of aromatic nitrogens is 1. The fourth-order valence-corrected chi connectivity index (χ4v) is 4.09. The molecule has 1 N–H and O–H groups in total. The van der Waals surface area contributed by atoms with Gasteiger partial charge in [0.25, 0.3) is 5.69 Å². The summed E-state index contributed by atoms with van der Waals surface area (Å²) in [6, 6.07) is 17.2. The lowest BCUT2D eigenvalue weighted by atomic mass is 10.1. The molecule has 4 aromatic rings. The van der Waals surface area contributed by atoms with E-state index < -0.39 is 4.92 Å². The molecule has 0 fully saturated rings. The molecule has 0 radical (unpaired) electrons. The Morgan fingerprint density at radius 2 is 2.03 bits per heavy atom. The number of nitrogens with zero attached hydrogens (tertiary/aromatic N) is 2. The predicted octanol–water partition coefficient (Wildman–Crippen LogP) is 6.21. The van der Waals surface area contributed by atoms with Gasteiger partial charge in [-0.3, -0.25) is 20.2 Å². The molecule has 0 saturated carbocycles. The summed E-state index contributed by atoms with van der Waals surface area (Å²) in [4.78, 5) is 28.2. The van der Waals surface area contributed by atoms with Crippen LogP contribution in [-0.2, 0) is 11.2 Å². The lowest BCUT2D eigenvalue weighted by Gasteiger charge is -1.99. The number of carbonyl (C=O) groups is 1. The first-order chi connectivity index (χ1) is 15.5. The summed E-state index contributed by atoms with van der Waals surface area (Å²) in [6.07, 6.45) is 5.20. The van der Waals surface area contributed by atoms with E-state index in [4.69, 9.17) is 16.0 Å². The minimum atomic E-state index is -0.463. The maximum Gasteiger partial charge on any atom is 0.280 e. The summed E-state index contributed by atoms with van der Waals surface area (Å²) >= 11 is 7.40. The van der Waals surface area contributed by atoms with Gasteiger partial charge in [0.15, 0.2) is 5.13 Å². The third kappa shape index (κ3) is 5.29. The zero-order valence-corrected chi connectivity index (χ0v) is 18.1. The van der Waals surface area contributed by atoms with E-state index in [9.17, 15) is 14.9 Å². The highest BCUT2D eigenvalue weighted by Gasteiger charge is 2.16. The highest BCUT2D eigenvalue weighted by atomic mass is 35.5. The van der Waals surface area contributed by atoms with E-state index in [-0.39, 0.29) is 11.6 Å². The summed E-state index contributed by atoms with van der Waals surface area (Å²) in [5, 5.41) is 15.1. The average Bonchev–Trinajstić information content (AvgIpc) is 3.42. The summed E-state index contributed by atoms with van der Waals surface area (Å²) < 4.78 is 5.65. The van der Waals surface area contributed by atoms with Crippen LogP contribution in [-0.4, -0.2) is 15.8 Å². The van der Waals surface area contributed by atoms with Crippen LogP contribution in [0.4, 0.5) is 10.8 Å². The van der Waals surface area contributed by atoms with Gasteiger partial charge in [0.05, 0.1) is 10.5 Å². The second kappa shape index (κ2) is 9.59. The molecule has 7 nitrogen and oxygen atoms in total. The number of carbonyl (C=O) groups excluding carboxylic acids is 1. The molecule has 1 amide bonds. The first-order valence-corrected chi connectivity index (χ1v) is 10.7. The Labute approximate surface area is 192 Å². The maximum absolute atomic E-state index is 12.2. The lowest BCUT2D eigenvalue weighted by Crippen LogP contribution is -2.06. The molecule has 0 unspecified atom stereocenters. The number of nitro benzene ring substituents is 1. The van der Waals surface area contributed by atoms with E-state index in [0.717, 1.165) is 10.4 Å². The maximum atomic E-state index is 12.2. The highest BCUT2D eigenvalue weighted by molar-refractivity contribution is 7.15. The Morgan fingerprint density at radius 3 is 2.84 bits per heavy atom. The number of rotatable bonds is 7. The second-order valence-corrected chi connectivity index (χ2v) is 8.29. The van der Waals surface area contributed by atoms with Crippen LogP contribution in [0.15, 0.2) is 77.4 Å². The standard InChI is InChI=1S/C23H16ClN3O4S/c24-16-5-3-4-15(12-16)13-18-14-25-23(32-18)26-22(28)11-9-17-8-10-21(31-17)19-6-1-2-7-20(19)27(29)30/h1-12,14H,13H2,(H,25,26,28)/b11-9+. The summed E-state index contributed by atoms with van der Waals surface area (Å²) in [5.74, 6) is 0.384. The summed E-state index contributed by atoms with van der Waals surface area (Å²) in [7, 11) is 0. The molecule has 0 bridgehead atoms. The zero-order chi connectivity index (χ0) is 22.5. The number of nitro groups is 1. The third-order valence-corrected chi connectivity index (χ3v) is 5.59. The van der Waals surface area contributed by atoms with Crippen LogP contribution in [0, 0.1) is 10.1 Å². The largest absolute Gasteiger partial charge is 0.456 e. The smallest absolute Gasteiger partial charge is 0.280 e. The van der Waals surface area contributed by atoms with Gasteiger partial charge in [0.1, 0.15) is 11.5 Å². The van der Waals surface area contributed by atoms with Crippen LogP contribution in [0.1, 0.15) is 16.2 Å². The Bertz CT molecular complexity index is 1310. The van der Waals surface area contributed by atoms with Gasteiger partial charge >= 0.3 is 0 Å². The van der Waals surface area contributed by atoms with Crippen LogP contribution in [0.5, 0.6) is 0 Å². The van der Waals surface area contributed by atoms with Crippen LogP contribution < -0.4 is 5.32 Å². The SMILES string of the molecule is O=C(/C=C/c1ccc(-c2ccccc2[N+](=O)[O-])o1)Nc1ncc(Cc2cccc(Cl)c2)s1. The van der Waals surface area contributed by atoms with Crippen molar-refractivity contribution < 1.29 is 14.1 Å². The molecule has 9 heteroatoms. The molecule has 0 aliphatic carbocycles. The Hall–Kier alpha value is -3.75.